The number of nitrogens with one attached hydrogen (secondary N) is 3. The van der Waals surface area contributed by atoms with Crippen molar-refractivity contribution < 1.29 is 4.79 Å². The van der Waals surface area contributed by atoms with Gasteiger partial charge in [0.25, 0.3) is 0 Å². The van der Waals surface area contributed by atoms with Crippen LogP contribution in [0.2, 0.25) is 0 Å². The Morgan fingerprint density at radius 1 is 1.45 bits per heavy atom. The van der Waals surface area contributed by atoms with Crippen molar-refractivity contribution in [3.63, 3.8) is 0 Å². The number of urea groups is 1. The average Bonchev–Trinajstić information content (AvgIpc) is 2.67. The van der Waals surface area contributed by atoms with Crippen LogP contribution in [0.3, 0.4) is 0 Å². The normalized spacial score (nSPS) is 25.0. The van der Waals surface area contributed by atoms with E-state index in [1.54, 1.807) is 0 Å². The molecule has 1 saturated heterocycles. The third-order valence-electron chi connectivity index (χ3n) is 4.60. The summed E-state index contributed by atoms with van der Waals surface area (Å²) in [5.74, 6) is 0. The Balaban J connectivity index is 1.68. The Labute approximate surface area is 132 Å². The largest absolute Gasteiger partial charge is 0.334 e. The molecule has 1 unspecified atom stereocenters. The van der Waals surface area contributed by atoms with E-state index in [1.165, 1.54) is 12.8 Å². The molecule has 2 amide bonds. The van der Waals surface area contributed by atoms with Crippen molar-refractivity contribution in [1.29, 1.82) is 0 Å². The van der Waals surface area contributed by atoms with Crippen LogP contribution in [0.15, 0.2) is 6.20 Å². The van der Waals surface area contributed by atoms with Crippen LogP contribution in [-0.4, -0.2) is 46.8 Å². The SMILES string of the molecule is CC1(C)Cc2[nH]ncc2CN(C(=O)NC2CCCCNC2)C1. The van der Waals surface area contributed by atoms with Gasteiger partial charge in [0.15, 0.2) is 0 Å². The summed E-state index contributed by atoms with van der Waals surface area (Å²) in [7, 11) is 0. The number of carbonyl (C=O) groups is 1. The Hall–Kier alpha value is -1.56. The topological polar surface area (TPSA) is 73.0 Å². The maximum absolute atomic E-state index is 12.7. The number of H-pyrrole nitrogens is 1. The molecule has 122 valence electrons. The quantitative estimate of drug-likeness (QED) is 0.738. The summed E-state index contributed by atoms with van der Waals surface area (Å²) in [6, 6.07) is 0.293. The van der Waals surface area contributed by atoms with Crippen molar-refractivity contribution in [2.75, 3.05) is 19.6 Å². The Morgan fingerprint density at radius 2 is 2.32 bits per heavy atom. The van der Waals surface area contributed by atoms with Crippen molar-refractivity contribution >= 4 is 6.03 Å². The van der Waals surface area contributed by atoms with Gasteiger partial charge < -0.3 is 15.5 Å². The van der Waals surface area contributed by atoms with Gasteiger partial charge >= 0.3 is 6.03 Å². The van der Waals surface area contributed by atoms with Crippen molar-refractivity contribution in [1.82, 2.24) is 25.7 Å². The van der Waals surface area contributed by atoms with E-state index in [9.17, 15) is 4.79 Å². The van der Waals surface area contributed by atoms with E-state index >= 15 is 0 Å². The van der Waals surface area contributed by atoms with Gasteiger partial charge in [0.05, 0.1) is 12.7 Å². The zero-order chi connectivity index (χ0) is 15.6. The van der Waals surface area contributed by atoms with Crippen molar-refractivity contribution in [3.05, 3.63) is 17.5 Å². The van der Waals surface area contributed by atoms with Crippen molar-refractivity contribution in [2.24, 2.45) is 5.41 Å². The van der Waals surface area contributed by atoms with Gasteiger partial charge in [-0.2, -0.15) is 5.10 Å². The molecule has 0 aromatic carbocycles. The summed E-state index contributed by atoms with van der Waals surface area (Å²) in [5, 5.41) is 13.8. The van der Waals surface area contributed by atoms with Crippen LogP contribution in [0.5, 0.6) is 0 Å². The third-order valence-corrected chi connectivity index (χ3v) is 4.60. The third kappa shape index (κ3) is 3.61. The van der Waals surface area contributed by atoms with Crippen LogP contribution in [0, 0.1) is 5.41 Å². The second-order valence-corrected chi connectivity index (χ2v) is 7.42. The van der Waals surface area contributed by atoms with Gasteiger partial charge in [0.2, 0.25) is 0 Å². The summed E-state index contributed by atoms with van der Waals surface area (Å²) < 4.78 is 0. The second-order valence-electron chi connectivity index (χ2n) is 7.42. The molecule has 6 nitrogen and oxygen atoms in total. The number of hydrogen-bond donors (Lipinski definition) is 3. The van der Waals surface area contributed by atoms with Crippen LogP contribution >= 0.6 is 0 Å². The number of aromatic amines is 1. The minimum atomic E-state index is 0.0517. The first-order valence-electron chi connectivity index (χ1n) is 8.31. The summed E-state index contributed by atoms with van der Waals surface area (Å²) in [6.45, 7) is 7.75. The van der Waals surface area contributed by atoms with E-state index < -0.39 is 0 Å². The lowest BCUT2D eigenvalue weighted by molar-refractivity contribution is 0.164. The van der Waals surface area contributed by atoms with Crippen LogP contribution in [-0.2, 0) is 13.0 Å². The van der Waals surface area contributed by atoms with Gasteiger partial charge in [-0.1, -0.05) is 20.3 Å². The number of fused-ring (bicyclic) bond motifs is 1. The Morgan fingerprint density at radius 3 is 3.18 bits per heavy atom. The van der Waals surface area contributed by atoms with E-state index in [-0.39, 0.29) is 17.5 Å². The molecule has 0 bridgehead atoms. The molecule has 2 aliphatic heterocycles. The molecule has 22 heavy (non-hydrogen) atoms. The monoisotopic (exact) mass is 305 g/mol. The van der Waals surface area contributed by atoms with Crippen LogP contribution in [0.1, 0.15) is 44.4 Å². The molecule has 6 heteroatoms. The Kier molecular flexibility index (Phi) is 4.38. The fourth-order valence-electron chi connectivity index (χ4n) is 3.49. The van der Waals surface area contributed by atoms with Crippen LogP contribution in [0.4, 0.5) is 4.79 Å². The van der Waals surface area contributed by atoms with Crippen LogP contribution in [0.25, 0.3) is 0 Å². The molecule has 0 spiro atoms. The molecule has 1 aromatic rings. The van der Waals surface area contributed by atoms with E-state index in [2.05, 4.69) is 34.7 Å². The first kappa shape index (κ1) is 15.3. The fraction of sp³-hybridized carbons (Fsp3) is 0.750. The van der Waals surface area contributed by atoms with Gasteiger partial charge in [-0.3, -0.25) is 5.10 Å². The highest BCUT2D eigenvalue weighted by atomic mass is 16.2. The fourth-order valence-corrected chi connectivity index (χ4v) is 3.49. The number of amides is 2. The molecule has 2 aliphatic rings. The molecule has 3 heterocycles. The molecule has 0 radical (unpaired) electrons. The minimum absolute atomic E-state index is 0.0517. The maximum Gasteiger partial charge on any atom is 0.317 e. The second kappa shape index (κ2) is 6.28. The lowest BCUT2D eigenvalue weighted by Crippen LogP contribution is -2.49. The van der Waals surface area contributed by atoms with Gasteiger partial charge in [-0.05, 0) is 31.2 Å². The molecule has 3 rings (SSSR count). The summed E-state index contributed by atoms with van der Waals surface area (Å²) in [4.78, 5) is 14.6. The van der Waals surface area contributed by atoms with E-state index in [1.807, 2.05) is 11.1 Å². The molecule has 0 aliphatic carbocycles. The highest BCUT2D eigenvalue weighted by molar-refractivity contribution is 5.74. The highest BCUT2D eigenvalue weighted by Crippen LogP contribution is 2.29. The lowest BCUT2D eigenvalue weighted by Gasteiger charge is -2.31. The molecule has 0 saturated carbocycles. The standard InChI is InChI=1S/C16H27N5O/c1-16(2)7-14-12(8-18-20-14)10-21(11-16)15(22)19-13-5-3-4-6-17-9-13/h8,13,17H,3-7,9-11H2,1-2H3,(H,18,20)(H,19,22). The summed E-state index contributed by atoms with van der Waals surface area (Å²) in [6.07, 6.45) is 6.21. The van der Waals surface area contributed by atoms with Crippen LogP contribution < -0.4 is 10.6 Å². The summed E-state index contributed by atoms with van der Waals surface area (Å²) in [5.41, 5.74) is 2.35. The molecule has 3 N–H and O–H groups in total. The Bertz CT molecular complexity index is 516. The zero-order valence-electron chi connectivity index (χ0n) is 13.6. The lowest BCUT2D eigenvalue weighted by atomic mass is 9.88. The van der Waals surface area contributed by atoms with Gasteiger partial charge in [-0.25, -0.2) is 4.79 Å². The first-order chi connectivity index (χ1) is 10.5. The van der Waals surface area contributed by atoms with Crippen molar-refractivity contribution in [2.45, 2.75) is 52.1 Å². The highest BCUT2D eigenvalue weighted by Gasteiger charge is 2.31. The predicted molar refractivity (Wildman–Crippen MR) is 85.5 cm³/mol. The molecule has 1 atom stereocenters. The van der Waals surface area contributed by atoms with Gasteiger partial charge in [0, 0.05) is 30.4 Å². The number of hydrogen-bond acceptors (Lipinski definition) is 3. The first-order valence-corrected chi connectivity index (χ1v) is 8.31. The zero-order valence-corrected chi connectivity index (χ0v) is 13.6. The number of carbonyl (C=O) groups excluding carboxylic acids is 1. The number of aromatic nitrogens is 2. The molecule has 1 aromatic heterocycles. The minimum Gasteiger partial charge on any atom is -0.334 e. The summed E-state index contributed by atoms with van der Waals surface area (Å²) >= 11 is 0. The van der Waals surface area contributed by atoms with Gasteiger partial charge in [0.1, 0.15) is 0 Å². The maximum atomic E-state index is 12.7. The smallest absolute Gasteiger partial charge is 0.317 e. The van der Waals surface area contributed by atoms with Gasteiger partial charge in [-0.15, -0.1) is 0 Å². The number of nitrogens with zero attached hydrogens (tertiary/aromatic N) is 2. The molecular weight excluding hydrogens is 278 g/mol. The molecular formula is C16H27N5O. The molecule has 1 fully saturated rings. The van der Waals surface area contributed by atoms with E-state index in [4.69, 9.17) is 0 Å². The van der Waals surface area contributed by atoms with E-state index in [0.717, 1.165) is 43.7 Å². The number of rotatable bonds is 1. The predicted octanol–water partition coefficient (Wildman–Crippen LogP) is 1.65. The van der Waals surface area contributed by atoms with Crippen molar-refractivity contribution in [3.8, 4) is 0 Å². The average molecular weight is 305 g/mol. The van der Waals surface area contributed by atoms with E-state index in [0.29, 0.717) is 6.54 Å².